The summed E-state index contributed by atoms with van der Waals surface area (Å²) in [6, 6.07) is 4.01. The van der Waals surface area contributed by atoms with Gasteiger partial charge in [-0.2, -0.15) is 0 Å². The first-order chi connectivity index (χ1) is 8.06. The molecule has 0 fully saturated rings. The highest BCUT2D eigenvalue weighted by atomic mass is 32.1. The second-order valence-electron chi connectivity index (χ2n) is 3.83. The fourth-order valence-electron chi connectivity index (χ4n) is 1.36. The van der Waals surface area contributed by atoms with Crippen LogP contribution in [0, 0.1) is 0 Å². The van der Waals surface area contributed by atoms with Crippen molar-refractivity contribution in [3.63, 3.8) is 0 Å². The Bertz CT molecular complexity index is 376. The molecule has 0 radical (unpaired) electrons. The Morgan fingerprint density at radius 3 is 2.76 bits per heavy atom. The number of carbonyl (C=O) groups is 2. The number of nitrogens with one attached hydrogen (secondary N) is 1. The number of likely N-dealkylation sites (N-methyl/N-ethyl adjacent to an activating group) is 1. The number of hydrogen-bond donors (Lipinski definition) is 1. The fraction of sp³-hybridized carbons (Fsp3) is 0.500. The van der Waals surface area contributed by atoms with Crippen molar-refractivity contribution in [3.05, 3.63) is 22.4 Å². The third-order valence-corrected chi connectivity index (χ3v) is 3.73. The molecule has 0 bridgehead atoms. The number of nitrogens with zero attached hydrogens (tertiary/aromatic N) is 1. The van der Waals surface area contributed by atoms with Crippen LogP contribution in [0.2, 0.25) is 0 Å². The summed E-state index contributed by atoms with van der Waals surface area (Å²) in [5.74, 6) is -0.178. The lowest BCUT2D eigenvalue weighted by Crippen LogP contribution is -2.38. The number of rotatable bonds is 5. The van der Waals surface area contributed by atoms with E-state index in [0.29, 0.717) is 6.42 Å². The van der Waals surface area contributed by atoms with Gasteiger partial charge < -0.3 is 10.2 Å². The standard InChI is InChI=1S/C12H18N2O2S/c1-4-11(15)13-8-12(16)14(3)9(2)10-6-5-7-17-10/h5-7,9H,4,8H2,1-3H3,(H,13,15). The molecule has 0 aromatic carbocycles. The Labute approximate surface area is 106 Å². The molecule has 0 aliphatic heterocycles. The Hall–Kier alpha value is -1.36. The molecule has 5 heteroatoms. The normalized spacial score (nSPS) is 11.9. The largest absolute Gasteiger partial charge is 0.347 e. The van der Waals surface area contributed by atoms with Crippen LogP contribution in [0.3, 0.4) is 0 Å². The Kier molecular flexibility index (Phi) is 5.15. The van der Waals surface area contributed by atoms with Crippen molar-refractivity contribution in [2.24, 2.45) is 0 Å². The van der Waals surface area contributed by atoms with Gasteiger partial charge in [0.2, 0.25) is 11.8 Å². The molecule has 1 aromatic heterocycles. The maximum atomic E-state index is 11.8. The van der Waals surface area contributed by atoms with Gasteiger partial charge in [0.25, 0.3) is 0 Å². The smallest absolute Gasteiger partial charge is 0.242 e. The van der Waals surface area contributed by atoms with E-state index in [1.54, 1.807) is 30.2 Å². The van der Waals surface area contributed by atoms with E-state index < -0.39 is 0 Å². The second kappa shape index (κ2) is 6.39. The van der Waals surface area contributed by atoms with Crippen LogP contribution < -0.4 is 5.32 Å². The van der Waals surface area contributed by atoms with Gasteiger partial charge in [-0.3, -0.25) is 9.59 Å². The van der Waals surface area contributed by atoms with E-state index >= 15 is 0 Å². The maximum Gasteiger partial charge on any atom is 0.242 e. The summed E-state index contributed by atoms with van der Waals surface area (Å²) in [6.45, 7) is 3.81. The number of amides is 2. The van der Waals surface area contributed by atoms with Crippen molar-refractivity contribution < 1.29 is 9.59 Å². The highest BCUT2D eigenvalue weighted by Crippen LogP contribution is 2.23. The molecule has 1 rings (SSSR count). The van der Waals surface area contributed by atoms with Gasteiger partial charge in [0.15, 0.2) is 0 Å². The molecule has 1 heterocycles. The molecular formula is C12H18N2O2S. The summed E-state index contributed by atoms with van der Waals surface area (Å²) < 4.78 is 0. The third-order valence-electron chi connectivity index (χ3n) is 2.69. The molecular weight excluding hydrogens is 236 g/mol. The van der Waals surface area contributed by atoms with Crippen LogP contribution >= 0.6 is 11.3 Å². The van der Waals surface area contributed by atoms with Gasteiger partial charge in [-0.25, -0.2) is 0 Å². The van der Waals surface area contributed by atoms with E-state index in [1.807, 2.05) is 24.4 Å². The molecule has 2 amide bonds. The summed E-state index contributed by atoms with van der Waals surface area (Å²) in [7, 11) is 1.75. The molecule has 4 nitrogen and oxygen atoms in total. The third kappa shape index (κ3) is 3.85. The van der Waals surface area contributed by atoms with Crippen LogP contribution in [-0.2, 0) is 9.59 Å². The van der Waals surface area contributed by atoms with Gasteiger partial charge in [-0.1, -0.05) is 13.0 Å². The Balaban J connectivity index is 2.49. The van der Waals surface area contributed by atoms with E-state index in [2.05, 4.69) is 5.32 Å². The Morgan fingerprint density at radius 1 is 1.53 bits per heavy atom. The van der Waals surface area contributed by atoms with Crippen molar-refractivity contribution in [1.29, 1.82) is 0 Å². The van der Waals surface area contributed by atoms with Crippen LogP contribution in [0.4, 0.5) is 0 Å². The van der Waals surface area contributed by atoms with Crippen LogP contribution in [0.5, 0.6) is 0 Å². The van der Waals surface area contributed by atoms with Crippen LogP contribution in [-0.4, -0.2) is 30.3 Å². The molecule has 94 valence electrons. The SMILES string of the molecule is CCC(=O)NCC(=O)N(C)C(C)c1cccs1. The zero-order valence-corrected chi connectivity index (χ0v) is 11.2. The number of hydrogen-bond acceptors (Lipinski definition) is 3. The van der Waals surface area contributed by atoms with Crippen molar-refractivity contribution in [1.82, 2.24) is 10.2 Å². The summed E-state index contributed by atoms with van der Waals surface area (Å²) >= 11 is 1.62. The van der Waals surface area contributed by atoms with Crippen LogP contribution in [0.15, 0.2) is 17.5 Å². The summed E-state index contributed by atoms with van der Waals surface area (Å²) in [5, 5.41) is 4.58. The molecule has 0 spiro atoms. The van der Waals surface area contributed by atoms with Crippen molar-refractivity contribution >= 4 is 23.2 Å². The van der Waals surface area contributed by atoms with E-state index in [0.717, 1.165) is 4.88 Å². The lowest BCUT2D eigenvalue weighted by atomic mass is 10.2. The van der Waals surface area contributed by atoms with E-state index in [-0.39, 0.29) is 24.4 Å². The van der Waals surface area contributed by atoms with E-state index in [9.17, 15) is 9.59 Å². The molecule has 0 saturated heterocycles. The molecule has 0 saturated carbocycles. The molecule has 1 N–H and O–H groups in total. The monoisotopic (exact) mass is 254 g/mol. The van der Waals surface area contributed by atoms with Crippen molar-refractivity contribution in [2.45, 2.75) is 26.3 Å². The minimum atomic E-state index is -0.101. The topological polar surface area (TPSA) is 49.4 Å². The first-order valence-corrected chi connectivity index (χ1v) is 6.50. The second-order valence-corrected chi connectivity index (χ2v) is 4.81. The lowest BCUT2D eigenvalue weighted by molar-refractivity contribution is -0.133. The predicted molar refractivity (Wildman–Crippen MR) is 68.8 cm³/mol. The van der Waals surface area contributed by atoms with Gasteiger partial charge in [0.05, 0.1) is 12.6 Å². The zero-order chi connectivity index (χ0) is 12.8. The molecule has 0 aliphatic carbocycles. The molecule has 1 aromatic rings. The first kappa shape index (κ1) is 13.7. The zero-order valence-electron chi connectivity index (χ0n) is 10.4. The maximum absolute atomic E-state index is 11.8. The Morgan fingerprint density at radius 2 is 2.24 bits per heavy atom. The lowest BCUT2D eigenvalue weighted by Gasteiger charge is -2.24. The molecule has 1 atom stereocenters. The highest BCUT2D eigenvalue weighted by molar-refractivity contribution is 7.10. The quantitative estimate of drug-likeness (QED) is 0.871. The fourth-order valence-corrected chi connectivity index (χ4v) is 2.19. The average Bonchev–Trinajstić information content (AvgIpc) is 2.87. The van der Waals surface area contributed by atoms with Gasteiger partial charge >= 0.3 is 0 Å². The van der Waals surface area contributed by atoms with Crippen LogP contribution in [0.25, 0.3) is 0 Å². The average molecular weight is 254 g/mol. The summed E-state index contributed by atoms with van der Waals surface area (Å²) in [4.78, 5) is 25.7. The van der Waals surface area contributed by atoms with E-state index in [4.69, 9.17) is 0 Å². The van der Waals surface area contributed by atoms with Gasteiger partial charge in [0, 0.05) is 18.3 Å². The minimum Gasteiger partial charge on any atom is -0.347 e. The minimum absolute atomic E-state index is 0.0426. The molecule has 0 aliphatic rings. The first-order valence-electron chi connectivity index (χ1n) is 5.62. The summed E-state index contributed by atoms with van der Waals surface area (Å²) in [6.07, 6.45) is 0.400. The predicted octanol–water partition coefficient (Wildman–Crippen LogP) is 1.79. The van der Waals surface area contributed by atoms with Crippen molar-refractivity contribution in [3.8, 4) is 0 Å². The number of thiophene rings is 1. The van der Waals surface area contributed by atoms with Gasteiger partial charge in [-0.05, 0) is 18.4 Å². The molecule has 1 unspecified atom stereocenters. The van der Waals surface area contributed by atoms with Gasteiger partial charge in [-0.15, -0.1) is 11.3 Å². The number of carbonyl (C=O) groups excluding carboxylic acids is 2. The van der Waals surface area contributed by atoms with Gasteiger partial charge in [0.1, 0.15) is 0 Å². The van der Waals surface area contributed by atoms with Crippen molar-refractivity contribution in [2.75, 3.05) is 13.6 Å². The summed E-state index contributed by atoms with van der Waals surface area (Å²) in [5.41, 5.74) is 0. The molecule has 17 heavy (non-hydrogen) atoms. The highest BCUT2D eigenvalue weighted by Gasteiger charge is 2.18. The van der Waals surface area contributed by atoms with Crippen LogP contribution in [0.1, 0.15) is 31.2 Å². The van der Waals surface area contributed by atoms with E-state index in [1.165, 1.54) is 0 Å².